The second-order valence-corrected chi connectivity index (χ2v) is 11.9. The Morgan fingerprint density at radius 1 is 1.00 bits per heavy atom. The first-order chi connectivity index (χ1) is 23.3. The largest absolute Gasteiger partial charge is 0.497 e. The minimum absolute atomic E-state index is 0.195. The van der Waals surface area contributed by atoms with E-state index >= 15 is 0 Å². The van der Waals surface area contributed by atoms with Crippen LogP contribution in [0.15, 0.2) is 81.7 Å². The van der Waals surface area contributed by atoms with Gasteiger partial charge in [-0.3, -0.25) is 14.2 Å². The van der Waals surface area contributed by atoms with E-state index in [0.717, 1.165) is 11.1 Å². The number of nitriles is 1. The van der Waals surface area contributed by atoms with E-state index in [2.05, 4.69) is 6.07 Å². The minimum atomic E-state index is -0.799. The summed E-state index contributed by atoms with van der Waals surface area (Å²) >= 11 is 1.25. The molecule has 0 bridgehead atoms. The van der Waals surface area contributed by atoms with Crippen LogP contribution >= 0.6 is 11.3 Å². The first-order valence-corrected chi connectivity index (χ1v) is 16.5. The second kappa shape index (κ2) is 15.0. The molecule has 4 aromatic rings. The summed E-state index contributed by atoms with van der Waals surface area (Å²) in [7, 11) is 3.13. The fraction of sp³-hybridized carbons (Fsp3) is 0.297. The predicted octanol–water partition coefficient (Wildman–Crippen LogP) is 4.97. The van der Waals surface area contributed by atoms with Crippen LogP contribution in [0.25, 0.3) is 6.08 Å². The number of aromatic nitrogens is 1. The molecule has 0 saturated heterocycles. The highest BCUT2D eigenvalue weighted by atomic mass is 32.1. The molecule has 1 aliphatic rings. The number of ether oxygens (including phenoxy) is 4. The van der Waals surface area contributed by atoms with Gasteiger partial charge in [0.25, 0.3) is 11.5 Å². The Kier molecular flexibility index (Phi) is 10.7. The molecule has 10 nitrogen and oxygen atoms in total. The van der Waals surface area contributed by atoms with E-state index in [1.807, 2.05) is 51.1 Å². The van der Waals surface area contributed by atoms with E-state index in [1.54, 1.807) is 67.0 Å². The van der Waals surface area contributed by atoms with E-state index in [-0.39, 0.29) is 18.1 Å². The van der Waals surface area contributed by atoms with Crippen molar-refractivity contribution < 1.29 is 23.7 Å². The molecule has 1 aliphatic heterocycles. The number of carbonyl (C=O) groups excluding carboxylic acids is 1. The fourth-order valence-corrected chi connectivity index (χ4v) is 6.73. The van der Waals surface area contributed by atoms with Crippen molar-refractivity contribution >= 4 is 23.3 Å². The summed E-state index contributed by atoms with van der Waals surface area (Å²) in [6.45, 7) is 9.14. The number of hydrogen-bond donors (Lipinski definition) is 0. The van der Waals surface area contributed by atoms with Gasteiger partial charge in [0.2, 0.25) is 0 Å². The number of carbonyl (C=O) groups is 1. The molecule has 0 spiro atoms. The molecule has 0 saturated carbocycles. The zero-order chi connectivity index (χ0) is 34.4. The van der Waals surface area contributed by atoms with Crippen LogP contribution in [0.1, 0.15) is 56.0 Å². The summed E-state index contributed by atoms with van der Waals surface area (Å²) in [6.07, 6.45) is 1.78. The maximum Gasteiger partial charge on any atom is 0.271 e. The van der Waals surface area contributed by atoms with Crippen molar-refractivity contribution in [2.24, 2.45) is 4.99 Å². The fourth-order valence-electron chi connectivity index (χ4n) is 5.69. The number of allylic oxidation sites excluding steroid dienone is 1. The molecule has 0 radical (unpaired) electrons. The molecular weight excluding hydrogens is 628 g/mol. The zero-order valence-electron chi connectivity index (χ0n) is 27.9. The van der Waals surface area contributed by atoms with Gasteiger partial charge in [0, 0.05) is 24.2 Å². The standard InChI is InChI=1S/C37H38N4O6S/c1-7-40(8-2)36(43)33-23(4)39-37-41(34(33)28-20-27(44-5)15-17-29(28)45-6)35(42)32(48-37)19-24-14-16-30(31(18-24)46-9-3)47-22-26-13-11-10-12-25(26)21-38/h10-20,34H,7-9,22H2,1-6H3/b32-19+/t34-/m0/s1. The molecule has 2 heterocycles. The van der Waals surface area contributed by atoms with Crippen LogP contribution in [0.2, 0.25) is 0 Å². The Balaban J connectivity index is 1.62. The van der Waals surface area contributed by atoms with Crippen molar-refractivity contribution in [3.05, 3.63) is 114 Å². The Hall–Kier alpha value is -5.34. The third-order valence-corrected chi connectivity index (χ3v) is 9.10. The number of amides is 1. The van der Waals surface area contributed by atoms with Crippen LogP contribution < -0.4 is 33.8 Å². The molecular formula is C37H38N4O6S. The minimum Gasteiger partial charge on any atom is -0.497 e. The molecule has 0 unspecified atom stereocenters. The van der Waals surface area contributed by atoms with Gasteiger partial charge in [-0.1, -0.05) is 35.6 Å². The van der Waals surface area contributed by atoms with Crippen molar-refractivity contribution in [2.75, 3.05) is 33.9 Å². The van der Waals surface area contributed by atoms with Gasteiger partial charge in [0.1, 0.15) is 24.1 Å². The van der Waals surface area contributed by atoms with Crippen molar-refractivity contribution in [3.8, 4) is 29.1 Å². The summed E-state index contributed by atoms with van der Waals surface area (Å²) in [5.74, 6) is 1.92. The molecule has 0 aliphatic carbocycles. The van der Waals surface area contributed by atoms with Crippen molar-refractivity contribution in [1.29, 1.82) is 5.26 Å². The van der Waals surface area contributed by atoms with Crippen LogP contribution in [-0.4, -0.2) is 49.3 Å². The summed E-state index contributed by atoms with van der Waals surface area (Å²) in [5, 5.41) is 9.45. The van der Waals surface area contributed by atoms with Crippen LogP contribution in [0.4, 0.5) is 0 Å². The number of rotatable bonds is 12. The molecule has 48 heavy (non-hydrogen) atoms. The van der Waals surface area contributed by atoms with Crippen molar-refractivity contribution in [1.82, 2.24) is 9.47 Å². The van der Waals surface area contributed by atoms with Crippen LogP contribution in [0, 0.1) is 11.3 Å². The van der Waals surface area contributed by atoms with Gasteiger partial charge < -0.3 is 23.8 Å². The highest BCUT2D eigenvalue weighted by Gasteiger charge is 2.36. The monoisotopic (exact) mass is 666 g/mol. The Morgan fingerprint density at radius 2 is 1.75 bits per heavy atom. The number of methoxy groups -OCH3 is 2. The van der Waals surface area contributed by atoms with Crippen molar-refractivity contribution in [3.63, 3.8) is 0 Å². The number of thiazole rings is 1. The Bertz CT molecular complexity index is 2090. The zero-order valence-corrected chi connectivity index (χ0v) is 28.7. The van der Waals surface area contributed by atoms with E-state index in [9.17, 15) is 14.9 Å². The van der Waals surface area contributed by atoms with E-state index in [4.69, 9.17) is 23.9 Å². The SMILES string of the molecule is CCOc1cc(/C=c2/sc3n(c2=O)[C@@H](c2cc(OC)ccc2OC)C(C(=O)N(CC)CC)=C(C)N=3)ccc1OCc1ccccc1C#N. The molecule has 5 rings (SSSR count). The van der Waals surface area contributed by atoms with E-state index in [1.165, 1.54) is 11.3 Å². The first-order valence-electron chi connectivity index (χ1n) is 15.7. The third kappa shape index (κ3) is 6.71. The number of likely N-dealkylation sites (N-methyl/N-ethyl adjacent to an activating group) is 1. The molecule has 1 amide bonds. The lowest BCUT2D eigenvalue weighted by molar-refractivity contribution is -0.127. The Labute approximate surface area is 283 Å². The predicted molar refractivity (Wildman–Crippen MR) is 184 cm³/mol. The van der Waals surface area contributed by atoms with Gasteiger partial charge in [0.15, 0.2) is 16.3 Å². The maximum atomic E-state index is 14.3. The Morgan fingerprint density at radius 3 is 2.44 bits per heavy atom. The normalized spacial score (nSPS) is 14.1. The van der Waals surface area contributed by atoms with Gasteiger partial charge in [0.05, 0.1) is 48.3 Å². The maximum absolute atomic E-state index is 14.3. The lowest BCUT2D eigenvalue weighted by Gasteiger charge is -2.30. The van der Waals surface area contributed by atoms with E-state index < -0.39 is 6.04 Å². The van der Waals surface area contributed by atoms with Gasteiger partial charge in [-0.25, -0.2) is 4.99 Å². The van der Waals surface area contributed by atoms with Gasteiger partial charge in [-0.2, -0.15) is 5.26 Å². The van der Waals surface area contributed by atoms with Gasteiger partial charge >= 0.3 is 0 Å². The van der Waals surface area contributed by atoms with Crippen molar-refractivity contribution in [2.45, 2.75) is 40.3 Å². The topological polar surface area (TPSA) is 115 Å². The molecule has 1 atom stereocenters. The summed E-state index contributed by atoms with van der Waals surface area (Å²) in [5.41, 5.74) is 3.30. The number of benzene rings is 3. The average molecular weight is 667 g/mol. The quantitative estimate of drug-likeness (QED) is 0.210. The van der Waals surface area contributed by atoms with Crippen LogP contribution in [0.5, 0.6) is 23.0 Å². The molecule has 0 N–H and O–H groups in total. The van der Waals surface area contributed by atoms with Gasteiger partial charge in [-0.05, 0) is 75.7 Å². The first kappa shape index (κ1) is 34.0. The lowest BCUT2D eigenvalue weighted by Crippen LogP contribution is -2.43. The molecule has 11 heteroatoms. The molecule has 1 aromatic heterocycles. The second-order valence-electron chi connectivity index (χ2n) is 10.9. The summed E-state index contributed by atoms with van der Waals surface area (Å²) in [4.78, 5) is 35.3. The number of nitrogens with zero attached hydrogens (tertiary/aromatic N) is 4. The molecule has 0 fully saturated rings. The molecule has 248 valence electrons. The third-order valence-electron chi connectivity index (χ3n) is 8.12. The van der Waals surface area contributed by atoms with Crippen LogP contribution in [0.3, 0.4) is 0 Å². The highest BCUT2D eigenvalue weighted by Crippen LogP contribution is 2.38. The van der Waals surface area contributed by atoms with Gasteiger partial charge in [-0.15, -0.1) is 0 Å². The summed E-state index contributed by atoms with van der Waals surface area (Å²) < 4.78 is 25.3. The summed E-state index contributed by atoms with van der Waals surface area (Å²) in [6, 6.07) is 19.5. The highest BCUT2D eigenvalue weighted by molar-refractivity contribution is 7.07. The van der Waals surface area contributed by atoms with Crippen LogP contribution in [-0.2, 0) is 11.4 Å². The lowest BCUT2D eigenvalue weighted by atomic mass is 9.93. The smallest absolute Gasteiger partial charge is 0.271 e. The van der Waals surface area contributed by atoms with E-state index in [0.29, 0.717) is 74.4 Å². The average Bonchev–Trinajstić information content (AvgIpc) is 3.41. The number of hydrogen-bond acceptors (Lipinski definition) is 9. The number of fused-ring (bicyclic) bond motifs is 1. The molecule has 3 aromatic carbocycles.